The van der Waals surface area contributed by atoms with Crippen molar-refractivity contribution in [3.8, 4) is 0 Å². The number of rotatable bonds is 7. The quantitative estimate of drug-likeness (QED) is 0.639. The van der Waals surface area contributed by atoms with Crippen LogP contribution in [-0.2, 0) is 4.74 Å². The number of amides is 1. The minimum absolute atomic E-state index is 0.0437. The van der Waals surface area contributed by atoms with Crippen LogP contribution >= 0.6 is 0 Å². The van der Waals surface area contributed by atoms with Crippen LogP contribution < -0.4 is 5.32 Å². The molecule has 1 heterocycles. The SMILES string of the molecule is CC(C)CCOCCNC(=O)c1nn[nH]n1. The Balaban J connectivity index is 2.01. The van der Waals surface area contributed by atoms with Gasteiger partial charge in [-0.2, -0.15) is 5.21 Å². The monoisotopic (exact) mass is 227 g/mol. The van der Waals surface area contributed by atoms with Gasteiger partial charge in [0.15, 0.2) is 0 Å². The summed E-state index contributed by atoms with van der Waals surface area (Å²) < 4.78 is 5.33. The zero-order chi connectivity index (χ0) is 11.8. The lowest BCUT2D eigenvalue weighted by Gasteiger charge is -2.06. The summed E-state index contributed by atoms with van der Waals surface area (Å²) in [5.74, 6) is 0.331. The molecule has 1 amide bonds. The van der Waals surface area contributed by atoms with Crippen molar-refractivity contribution < 1.29 is 9.53 Å². The number of hydrogen-bond acceptors (Lipinski definition) is 5. The summed E-state index contributed by atoms with van der Waals surface area (Å²) in [5, 5.41) is 15.2. The lowest BCUT2D eigenvalue weighted by Crippen LogP contribution is -2.28. The number of nitrogens with one attached hydrogen (secondary N) is 2. The summed E-state index contributed by atoms with van der Waals surface area (Å²) in [7, 11) is 0. The molecule has 16 heavy (non-hydrogen) atoms. The third kappa shape index (κ3) is 4.83. The van der Waals surface area contributed by atoms with Gasteiger partial charge in [0, 0.05) is 13.2 Å². The van der Waals surface area contributed by atoms with Gasteiger partial charge in [-0.3, -0.25) is 4.79 Å². The molecule has 0 radical (unpaired) electrons. The van der Waals surface area contributed by atoms with E-state index in [1.807, 2.05) is 0 Å². The van der Waals surface area contributed by atoms with E-state index in [0.29, 0.717) is 19.1 Å². The number of hydrogen-bond donors (Lipinski definition) is 2. The van der Waals surface area contributed by atoms with Crippen LogP contribution in [0.4, 0.5) is 0 Å². The molecule has 0 aliphatic carbocycles. The van der Waals surface area contributed by atoms with Gasteiger partial charge in [-0.15, -0.1) is 10.2 Å². The molecule has 0 bridgehead atoms. The molecule has 0 saturated carbocycles. The zero-order valence-corrected chi connectivity index (χ0v) is 9.56. The number of H-pyrrole nitrogens is 1. The molecule has 2 N–H and O–H groups in total. The van der Waals surface area contributed by atoms with Crippen molar-refractivity contribution in [3.05, 3.63) is 5.82 Å². The first kappa shape index (κ1) is 12.6. The lowest BCUT2D eigenvalue weighted by molar-refractivity contribution is 0.0896. The molecule has 0 atom stereocenters. The Kier molecular flexibility index (Phi) is 5.41. The smallest absolute Gasteiger partial charge is 0.292 e. The third-order valence-corrected chi connectivity index (χ3v) is 1.92. The predicted molar refractivity (Wildman–Crippen MR) is 56.8 cm³/mol. The van der Waals surface area contributed by atoms with Crippen molar-refractivity contribution in [3.63, 3.8) is 0 Å². The van der Waals surface area contributed by atoms with Crippen molar-refractivity contribution in [2.75, 3.05) is 19.8 Å². The average Bonchev–Trinajstić information content (AvgIpc) is 2.75. The number of aromatic amines is 1. The highest BCUT2D eigenvalue weighted by Crippen LogP contribution is 1.98. The molecule has 0 aliphatic rings. The Morgan fingerprint density at radius 1 is 1.50 bits per heavy atom. The molecule has 0 saturated heterocycles. The number of aromatic nitrogens is 4. The predicted octanol–water partition coefficient (Wildman–Crippen LogP) is -0.00780. The largest absolute Gasteiger partial charge is 0.380 e. The lowest BCUT2D eigenvalue weighted by atomic mass is 10.1. The fourth-order valence-electron chi connectivity index (χ4n) is 0.995. The summed E-state index contributed by atoms with van der Waals surface area (Å²) in [6, 6.07) is 0. The third-order valence-electron chi connectivity index (χ3n) is 1.92. The van der Waals surface area contributed by atoms with Crippen LogP contribution in [0.5, 0.6) is 0 Å². The number of carbonyl (C=O) groups is 1. The van der Waals surface area contributed by atoms with Crippen molar-refractivity contribution in [1.29, 1.82) is 0 Å². The van der Waals surface area contributed by atoms with Crippen molar-refractivity contribution in [2.45, 2.75) is 20.3 Å². The van der Waals surface area contributed by atoms with E-state index in [1.54, 1.807) is 0 Å². The van der Waals surface area contributed by atoms with E-state index >= 15 is 0 Å². The Morgan fingerprint density at radius 2 is 2.31 bits per heavy atom. The fourth-order valence-corrected chi connectivity index (χ4v) is 0.995. The van der Waals surface area contributed by atoms with E-state index in [9.17, 15) is 4.79 Å². The van der Waals surface area contributed by atoms with Gasteiger partial charge in [0.05, 0.1) is 6.61 Å². The van der Waals surface area contributed by atoms with E-state index in [4.69, 9.17) is 4.74 Å². The highest BCUT2D eigenvalue weighted by molar-refractivity contribution is 5.89. The van der Waals surface area contributed by atoms with E-state index in [0.717, 1.165) is 13.0 Å². The van der Waals surface area contributed by atoms with Gasteiger partial charge in [0.2, 0.25) is 0 Å². The van der Waals surface area contributed by atoms with Crippen molar-refractivity contribution >= 4 is 5.91 Å². The summed E-state index contributed by atoms with van der Waals surface area (Å²) in [4.78, 5) is 11.3. The molecule has 1 aromatic heterocycles. The van der Waals surface area contributed by atoms with Crippen LogP contribution in [0.2, 0.25) is 0 Å². The summed E-state index contributed by atoms with van der Waals surface area (Å²) in [5.41, 5.74) is 0. The van der Waals surface area contributed by atoms with Gasteiger partial charge in [0.1, 0.15) is 0 Å². The van der Waals surface area contributed by atoms with Crippen LogP contribution in [-0.4, -0.2) is 46.3 Å². The molecule has 7 nitrogen and oxygen atoms in total. The number of nitrogens with zero attached hydrogens (tertiary/aromatic N) is 3. The first-order valence-corrected chi connectivity index (χ1v) is 5.29. The zero-order valence-electron chi connectivity index (χ0n) is 9.56. The molecule has 0 fully saturated rings. The second-order valence-electron chi connectivity index (χ2n) is 3.79. The molecule has 0 aliphatic heterocycles. The molecule has 0 unspecified atom stereocenters. The molecule has 0 spiro atoms. The maximum Gasteiger partial charge on any atom is 0.292 e. The van der Waals surface area contributed by atoms with Crippen LogP contribution in [0, 0.1) is 5.92 Å². The Bertz CT molecular complexity index is 299. The van der Waals surface area contributed by atoms with E-state index < -0.39 is 0 Å². The van der Waals surface area contributed by atoms with Gasteiger partial charge in [-0.1, -0.05) is 13.8 Å². The first-order valence-electron chi connectivity index (χ1n) is 5.29. The van der Waals surface area contributed by atoms with E-state index in [2.05, 4.69) is 39.8 Å². The van der Waals surface area contributed by atoms with Gasteiger partial charge in [-0.05, 0) is 17.6 Å². The summed E-state index contributed by atoms with van der Waals surface area (Å²) in [6.45, 7) is 5.94. The van der Waals surface area contributed by atoms with Crippen molar-refractivity contribution in [2.24, 2.45) is 5.92 Å². The topological polar surface area (TPSA) is 92.8 Å². The summed E-state index contributed by atoms with van der Waals surface area (Å²) in [6.07, 6.45) is 1.03. The highest BCUT2D eigenvalue weighted by atomic mass is 16.5. The minimum atomic E-state index is -0.346. The Hall–Kier alpha value is -1.50. The van der Waals surface area contributed by atoms with Crippen LogP contribution in [0.1, 0.15) is 30.9 Å². The first-order chi connectivity index (χ1) is 7.70. The van der Waals surface area contributed by atoms with Crippen LogP contribution in [0.3, 0.4) is 0 Å². The van der Waals surface area contributed by atoms with Gasteiger partial charge in [0.25, 0.3) is 11.7 Å². The molecular weight excluding hydrogens is 210 g/mol. The van der Waals surface area contributed by atoms with Crippen LogP contribution in [0.15, 0.2) is 0 Å². The van der Waals surface area contributed by atoms with Crippen LogP contribution in [0.25, 0.3) is 0 Å². The maximum atomic E-state index is 11.3. The maximum absolute atomic E-state index is 11.3. The molecule has 90 valence electrons. The highest BCUT2D eigenvalue weighted by Gasteiger charge is 2.08. The molecule has 1 rings (SSSR count). The van der Waals surface area contributed by atoms with Crippen molar-refractivity contribution in [1.82, 2.24) is 25.9 Å². The van der Waals surface area contributed by atoms with Gasteiger partial charge >= 0.3 is 0 Å². The Morgan fingerprint density at radius 3 is 2.94 bits per heavy atom. The number of carbonyl (C=O) groups excluding carboxylic acids is 1. The second kappa shape index (κ2) is 6.89. The number of ether oxygens (including phenoxy) is 1. The Labute approximate surface area is 93.9 Å². The van der Waals surface area contributed by atoms with Gasteiger partial charge < -0.3 is 10.1 Å². The summed E-state index contributed by atoms with van der Waals surface area (Å²) >= 11 is 0. The minimum Gasteiger partial charge on any atom is -0.380 e. The van der Waals surface area contributed by atoms with Gasteiger partial charge in [-0.25, -0.2) is 0 Å². The molecular formula is C9H17N5O2. The van der Waals surface area contributed by atoms with E-state index in [-0.39, 0.29) is 11.7 Å². The fraction of sp³-hybridized carbons (Fsp3) is 0.778. The second-order valence-corrected chi connectivity index (χ2v) is 3.79. The molecule has 1 aromatic rings. The average molecular weight is 227 g/mol. The van der Waals surface area contributed by atoms with E-state index in [1.165, 1.54) is 0 Å². The molecule has 0 aromatic carbocycles. The standard InChI is InChI=1S/C9H17N5O2/c1-7(2)3-5-16-6-4-10-9(15)8-11-13-14-12-8/h7H,3-6H2,1-2H3,(H,10,15)(H,11,12,13,14). The normalized spacial score (nSPS) is 10.7. The number of tetrazole rings is 1. The molecule has 7 heteroatoms.